The number of carboxylic acids is 1. The van der Waals surface area contributed by atoms with Crippen molar-refractivity contribution in [1.29, 1.82) is 0 Å². The molecule has 0 bridgehead atoms. The molecule has 0 aromatic heterocycles. The quantitative estimate of drug-likeness (QED) is 0.0138. The molecule has 8 amide bonds. The first-order valence-electron chi connectivity index (χ1n) is 19.8. The molecule has 63 heavy (non-hydrogen) atoms. The van der Waals surface area contributed by atoms with Crippen LogP contribution < -0.4 is 71.2 Å². The predicted molar refractivity (Wildman–Crippen MR) is 238 cm³/mol. The average molecular weight is 936 g/mol. The number of hydrogen-bond donors (Lipinski definition) is 17. The largest absolute Gasteiger partial charge is 0.480 e. The molecular formula is C35H65N15O11S2. The van der Waals surface area contributed by atoms with Crippen molar-refractivity contribution in [3.63, 3.8) is 0 Å². The van der Waals surface area contributed by atoms with E-state index in [-0.39, 0.29) is 68.1 Å². The summed E-state index contributed by atoms with van der Waals surface area (Å²) in [5.74, 6) is -9.65. The monoisotopic (exact) mass is 935 g/mol. The minimum Gasteiger partial charge on any atom is -0.480 e. The standard InChI is InChI=1S/C35H65N15O11S2/c1-16(2)25(49-24(53)12-44-32(59)26(17(3)4)50-27(54)18(36)14-62)31(58)43-11-23(52)45-19(7-5-9-41-34(37)38)28(55)47-21(13-51)30(57)46-20(8-6-10-42-35(39)40)29(56)48-22(15-63)33(60)61/h16-22,25-26,51,62-63H,5-15,36H2,1-4H3,(H,43,58)(H,44,59)(H,45,52)(H,46,57)(H,47,55)(H,48,56)(H,49,53)(H,50,54)(H,60,61)(H4,37,38,41)(H4,39,40,42)/t18-,19-,20-,21-,22-,25-,26-/m0/s1. The Morgan fingerprint density at radius 3 is 1.33 bits per heavy atom. The van der Waals surface area contributed by atoms with Gasteiger partial charge in [0.25, 0.3) is 0 Å². The van der Waals surface area contributed by atoms with E-state index in [4.69, 9.17) is 28.7 Å². The second-order valence-corrected chi connectivity index (χ2v) is 15.4. The fourth-order valence-electron chi connectivity index (χ4n) is 5.18. The van der Waals surface area contributed by atoms with Gasteiger partial charge in [0.15, 0.2) is 11.9 Å². The van der Waals surface area contributed by atoms with Crippen molar-refractivity contribution in [1.82, 2.24) is 42.5 Å². The van der Waals surface area contributed by atoms with E-state index in [1.54, 1.807) is 27.7 Å². The van der Waals surface area contributed by atoms with Crippen LogP contribution in [0, 0.1) is 11.8 Å². The van der Waals surface area contributed by atoms with Gasteiger partial charge in [0, 0.05) is 24.6 Å². The molecule has 0 rings (SSSR count). The summed E-state index contributed by atoms with van der Waals surface area (Å²) in [5.41, 5.74) is 27.1. The minimum atomic E-state index is -1.69. The Labute approximate surface area is 375 Å². The maximum absolute atomic E-state index is 13.5. The number of nitrogens with zero attached hydrogens (tertiary/aromatic N) is 2. The number of guanidine groups is 2. The molecule has 0 aliphatic heterocycles. The molecule has 0 spiro atoms. The van der Waals surface area contributed by atoms with Crippen LogP contribution >= 0.6 is 25.3 Å². The zero-order valence-corrected chi connectivity index (χ0v) is 37.5. The van der Waals surface area contributed by atoms with Crippen LogP contribution in [0.15, 0.2) is 9.98 Å². The number of amides is 8. The van der Waals surface area contributed by atoms with Gasteiger partial charge in [-0.15, -0.1) is 0 Å². The summed E-state index contributed by atoms with van der Waals surface area (Å²) in [5, 5.41) is 38.5. The highest BCUT2D eigenvalue weighted by atomic mass is 32.1. The Kier molecular flexibility index (Phi) is 27.7. The first kappa shape index (κ1) is 57.4. The van der Waals surface area contributed by atoms with Crippen LogP contribution in [-0.2, 0) is 43.2 Å². The third kappa shape index (κ3) is 23.4. The molecule has 0 aliphatic carbocycles. The molecule has 7 atom stereocenters. The zero-order valence-electron chi connectivity index (χ0n) is 35.7. The summed E-state index contributed by atoms with van der Waals surface area (Å²) in [7, 11) is 0. The number of aliphatic hydroxyl groups excluding tert-OH is 1. The molecule has 0 aliphatic rings. The lowest BCUT2D eigenvalue weighted by molar-refractivity contribution is -0.141. The first-order valence-corrected chi connectivity index (χ1v) is 21.0. The number of nitrogens with two attached hydrogens (primary N) is 5. The lowest BCUT2D eigenvalue weighted by Gasteiger charge is -2.25. The molecule has 0 fully saturated rings. The summed E-state index contributed by atoms with van der Waals surface area (Å²) in [6.07, 6.45) is 0.0532. The van der Waals surface area contributed by atoms with Gasteiger partial charge >= 0.3 is 5.97 Å². The fraction of sp³-hybridized carbons (Fsp3) is 0.686. The Bertz CT molecular complexity index is 1630. The van der Waals surface area contributed by atoms with Crippen molar-refractivity contribution in [2.45, 2.75) is 95.7 Å². The lowest BCUT2D eigenvalue weighted by atomic mass is 10.0. The Morgan fingerprint density at radius 1 is 0.540 bits per heavy atom. The van der Waals surface area contributed by atoms with Crippen LogP contribution in [0.5, 0.6) is 0 Å². The number of rotatable bonds is 30. The SMILES string of the molecule is CC(C)[C@H](NC(=O)CNC(=O)[C@@H](NC(=O)[C@@H](N)CS)C(C)C)C(=O)NCC(=O)N[C@@H](CCCN=C(N)N)C(=O)N[C@@H](CO)C(=O)N[C@@H](CCCN=C(N)N)C(=O)N[C@@H](CS)C(=O)O. The topological polar surface area (TPSA) is 445 Å². The van der Waals surface area contributed by atoms with Gasteiger partial charge in [-0.05, 0) is 37.5 Å². The van der Waals surface area contributed by atoms with Crippen LogP contribution in [-0.4, -0.2) is 162 Å². The third-order valence-electron chi connectivity index (χ3n) is 8.68. The number of carbonyl (C=O) groups is 9. The van der Waals surface area contributed by atoms with E-state index in [2.05, 4.69) is 77.8 Å². The predicted octanol–water partition coefficient (Wildman–Crippen LogP) is -7.19. The van der Waals surface area contributed by atoms with Crippen LogP contribution in [0.2, 0.25) is 0 Å². The highest BCUT2D eigenvalue weighted by Crippen LogP contribution is 2.06. The molecule has 28 heteroatoms. The summed E-state index contributed by atoms with van der Waals surface area (Å²) < 4.78 is 0. The number of aliphatic hydroxyl groups is 1. The smallest absolute Gasteiger partial charge is 0.327 e. The number of thiol groups is 2. The van der Waals surface area contributed by atoms with Crippen molar-refractivity contribution in [3.05, 3.63) is 0 Å². The minimum absolute atomic E-state index is 0.0239. The number of nitrogens with one attached hydrogen (secondary N) is 8. The van der Waals surface area contributed by atoms with Gasteiger partial charge < -0.3 is 81.4 Å². The molecular weight excluding hydrogens is 871 g/mol. The summed E-state index contributed by atoms with van der Waals surface area (Å²) in [6.45, 7) is 4.40. The van der Waals surface area contributed by atoms with Gasteiger partial charge in [-0.2, -0.15) is 25.3 Å². The maximum Gasteiger partial charge on any atom is 0.327 e. The Hall–Kier alpha value is -5.61. The molecule has 0 aromatic carbocycles. The van der Waals surface area contributed by atoms with E-state index in [9.17, 15) is 53.4 Å². The van der Waals surface area contributed by atoms with Crippen molar-refractivity contribution in [2.75, 3.05) is 44.3 Å². The average Bonchev–Trinajstić information content (AvgIpc) is 3.21. The molecule has 26 nitrogen and oxygen atoms in total. The number of carboxylic acid groups (broad SMARTS) is 1. The highest BCUT2D eigenvalue weighted by Gasteiger charge is 2.32. The van der Waals surface area contributed by atoms with Gasteiger partial charge in [-0.1, -0.05) is 27.7 Å². The molecule has 0 aromatic rings. The van der Waals surface area contributed by atoms with Gasteiger partial charge in [-0.25, -0.2) is 4.79 Å². The van der Waals surface area contributed by atoms with E-state index >= 15 is 0 Å². The van der Waals surface area contributed by atoms with E-state index in [0.29, 0.717) is 0 Å². The van der Waals surface area contributed by atoms with Crippen LogP contribution in [0.4, 0.5) is 0 Å². The Morgan fingerprint density at radius 2 is 0.937 bits per heavy atom. The van der Waals surface area contributed by atoms with Gasteiger partial charge in [0.05, 0.1) is 25.7 Å². The number of carbonyl (C=O) groups excluding carboxylic acids is 8. The normalized spacial score (nSPS) is 14.2. The summed E-state index contributed by atoms with van der Waals surface area (Å²) >= 11 is 7.88. The lowest BCUT2D eigenvalue weighted by Crippen LogP contribution is -2.59. The number of aliphatic imine (C=N–C) groups is 2. The van der Waals surface area contributed by atoms with Crippen molar-refractivity contribution >= 4 is 90.4 Å². The van der Waals surface area contributed by atoms with E-state index in [1.165, 1.54) is 0 Å². The van der Waals surface area contributed by atoms with Crippen molar-refractivity contribution in [2.24, 2.45) is 50.5 Å². The van der Waals surface area contributed by atoms with Crippen LogP contribution in [0.1, 0.15) is 53.4 Å². The summed E-state index contributed by atoms with van der Waals surface area (Å²) in [6, 6.07) is -9.05. The van der Waals surface area contributed by atoms with E-state index in [1.807, 2.05) is 0 Å². The van der Waals surface area contributed by atoms with Gasteiger partial charge in [0.1, 0.15) is 36.3 Å². The molecule has 0 radical (unpaired) electrons. The number of hydrogen-bond acceptors (Lipinski definition) is 15. The molecule has 0 saturated carbocycles. The first-order chi connectivity index (χ1) is 29.5. The Balaban J connectivity index is 5.85. The van der Waals surface area contributed by atoms with Crippen molar-refractivity contribution < 1.29 is 53.4 Å². The fourth-order valence-corrected chi connectivity index (χ4v) is 5.59. The van der Waals surface area contributed by atoms with Crippen LogP contribution in [0.3, 0.4) is 0 Å². The maximum atomic E-state index is 13.5. The molecule has 358 valence electrons. The second kappa shape index (κ2) is 30.4. The molecule has 0 heterocycles. The molecule has 0 unspecified atom stereocenters. The third-order valence-corrected chi connectivity index (χ3v) is 9.44. The van der Waals surface area contributed by atoms with E-state index in [0.717, 1.165) is 0 Å². The number of aliphatic carboxylic acids is 1. The highest BCUT2D eigenvalue weighted by molar-refractivity contribution is 7.80. The van der Waals surface area contributed by atoms with E-state index < -0.39 is 121 Å². The molecule has 20 N–H and O–H groups in total. The van der Waals surface area contributed by atoms with Gasteiger partial charge in [-0.3, -0.25) is 48.3 Å². The zero-order chi connectivity index (χ0) is 48.4. The van der Waals surface area contributed by atoms with Crippen LogP contribution in [0.25, 0.3) is 0 Å². The molecule has 0 saturated heterocycles. The van der Waals surface area contributed by atoms with Gasteiger partial charge in [0.2, 0.25) is 47.3 Å². The second-order valence-electron chi connectivity index (χ2n) is 14.6. The van der Waals surface area contributed by atoms with Crippen molar-refractivity contribution in [3.8, 4) is 0 Å². The summed E-state index contributed by atoms with van der Waals surface area (Å²) in [4.78, 5) is 123.